The van der Waals surface area contributed by atoms with Crippen molar-refractivity contribution in [1.29, 1.82) is 0 Å². The molecule has 3 aromatic rings. The third-order valence-corrected chi connectivity index (χ3v) is 19.7. The van der Waals surface area contributed by atoms with Crippen LogP contribution in [0.5, 0.6) is 11.5 Å². The molecule has 322 valence electrons. The van der Waals surface area contributed by atoms with E-state index >= 15 is 9.36 Å². The van der Waals surface area contributed by atoms with Crippen molar-refractivity contribution < 1.29 is 27.9 Å². The number of nitrogens with one attached hydrogen (secondary N) is 1. The van der Waals surface area contributed by atoms with E-state index in [0.29, 0.717) is 39.8 Å². The van der Waals surface area contributed by atoms with Gasteiger partial charge in [-0.15, -0.1) is 0 Å². The Balaban J connectivity index is 1.19. The molecule has 7 nitrogen and oxygen atoms in total. The van der Waals surface area contributed by atoms with Crippen LogP contribution in [0.2, 0.25) is 5.02 Å². The fourth-order valence-electron chi connectivity index (χ4n) is 13.9. The van der Waals surface area contributed by atoms with Gasteiger partial charge in [-0.25, -0.2) is 4.57 Å². The largest absolute Gasteiger partial charge is 0.462 e. The molecule has 5 aliphatic carbocycles. The fraction of sp³-hybridized carbons (Fsp3) is 0.569. The predicted octanol–water partition coefficient (Wildman–Crippen LogP) is 13.4. The summed E-state index contributed by atoms with van der Waals surface area (Å²) in [6, 6.07) is 25.3. The number of esters is 1. The summed E-state index contributed by atoms with van der Waals surface area (Å²) in [4.78, 5) is 28.0. The van der Waals surface area contributed by atoms with Crippen LogP contribution in [0.1, 0.15) is 125 Å². The molecule has 60 heavy (non-hydrogen) atoms. The summed E-state index contributed by atoms with van der Waals surface area (Å²) in [7, 11) is -4.28. The summed E-state index contributed by atoms with van der Waals surface area (Å²) in [6.45, 7) is 18.6. The van der Waals surface area contributed by atoms with Gasteiger partial charge in [-0.1, -0.05) is 126 Å². The molecule has 1 amide bonds. The van der Waals surface area contributed by atoms with Crippen LogP contribution in [0.3, 0.4) is 0 Å². The maximum atomic E-state index is 15.8. The lowest BCUT2D eigenvalue weighted by atomic mass is 9.33. The normalized spacial score (nSPS) is 36.1. The van der Waals surface area contributed by atoms with Gasteiger partial charge in [-0.3, -0.25) is 9.59 Å². The quantitative estimate of drug-likeness (QED) is 0.131. The SMILES string of the molecule is CC(=O)O[C@H]1CC[C@]2(C)[C@H]3CC=C4[C@@H]5[C@@H](C)[C@H](C)CC[C@]5(C(=O)NC(c5ccccc5Cl)P(=O)(Oc5ccccc5)Oc5ccccc5)CC[C@@]4(C)[C@]3(C)CC[C@H]2C1(C)C. The van der Waals surface area contributed by atoms with Crippen molar-refractivity contribution in [3.8, 4) is 11.5 Å². The van der Waals surface area contributed by atoms with Crippen molar-refractivity contribution in [2.24, 2.45) is 56.7 Å². The number of para-hydroxylation sites is 2. The summed E-state index contributed by atoms with van der Waals surface area (Å²) >= 11 is 6.96. The maximum absolute atomic E-state index is 15.8. The molecule has 0 aliphatic heterocycles. The second kappa shape index (κ2) is 15.7. The highest BCUT2D eigenvalue weighted by Crippen LogP contribution is 2.76. The maximum Gasteiger partial charge on any atom is 0.457 e. The van der Waals surface area contributed by atoms with Gasteiger partial charge in [0.05, 0.1) is 5.41 Å². The molecular formula is C51H65ClNO6P. The van der Waals surface area contributed by atoms with Crippen molar-refractivity contribution in [2.75, 3.05) is 0 Å². The molecule has 0 heterocycles. The van der Waals surface area contributed by atoms with Crippen LogP contribution in [0.25, 0.3) is 0 Å². The predicted molar refractivity (Wildman–Crippen MR) is 239 cm³/mol. The molecule has 11 atom stereocenters. The first-order valence-electron chi connectivity index (χ1n) is 22.4. The van der Waals surface area contributed by atoms with Crippen LogP contribution in [0, 0.1) is 56.7 Å². The number of allylic oxidation sites excluding steroid dienone is 2. The van der Waals surface area contributed by atoms with Crippen molar-refractivity contribution in [3.63, 3.8) is 0 Å². The highest BCUT2D eigenvalue weighted by atomic mass is 35.5. The van der Waals surface area contributed by atoms with Crippen molar-refractivity contribution in [1.82, 2.24) is 5.32 Å². The van der Waals surface area contributed by atoms with Crippen LogP contribution in [0.4, 0.5) is 0 Å². The molecule has 0 radical (unpaired) electrons. The molecule has 1 N–H and O–H groups in total. The Morgan fingerprint density at radius 2 is 1.38 bits per heavy atom. The van der Waals surface area contributed by atoms with E-state index in [-0.39, 0.29) is 51.5 Å². The molecule has 0 bridgehead atoms. The smallest absolute Gasteiger partial charge is 0.457 e. The first-order valence-corrected chi connectivity index (χ1v) is 24.4. The summed E-state index contributed by atoms with van der Waals surface area (Å²) in [5.41, 5.74) is 1.10. The Hall–Kier alpha value is -3.54. The Kier molecular flexibility index (Phi) is 11.3. The van der Waals surface area contributed by atoms with Crippen LogP contribution in [-0.4, -0.2) is 18.0 Å². The molecule has 5 aliphatic rings. The van der Waals surface area contributed by atoms with E-state index in [0.717, 1.165) is 57.8 Å². The lowest BCUT2D eigenvalue weighted by Gasteiger charge is -2.71. The Morgan fingerprint density at radius 1 is 0.767 bits per heavy atom. The zero-order valence-corrected chi connectivity index (χ0v) is 38.5. The summed E-state index contributed by atoms with van der Waals surface area (Å²) in [6.07, 6.45) is 10.9. The van der Waals surface area contributed by atoms with E-state index in [1.54, 1.807) is 37.3 Å². The second-order valence-electron chi connectivity index (χ2n) is 20.5. The number of hydrogen-bond acceptors (Lipinski definition) is 6. The van der Waals surface area contributed by atoms with Gasteiger partial charge in [0.2, 0.25) is 5.91 Å². The Morgan fingerprint density at radius 3 is 2.00 bits per heavy atom. The monoisotopic (exact) mass is 853 g/mol. The van der Waals surface area contributed by atoms with E-state index in [4.69, 9.17) is 25.4 Å². The number of ether oxygens (including phenoxy) is 1. The van der Waals surface area contributed by atoms with Crippen molar-refractivity contribution in [2.45, 2.75) is 125 Å². The fourth-order valence-corrected chi connectivity index (χ4v) is 16.2. The summed E-state index contributed by atoms with van der Waals surface area (Å²) in [5.74, 6) is 0.856. The second-order valence-corrected chi connectivity index (χ2v) is 22.9. The van der Waals surface area contributed by atoms with E-state index in [1.807, 2.05) is 54.6 Å². The third kappa shape index (κ3) is 6.88. The number of hydrogen-bond donors (Lipinski definition) is 1. The zero-order chi connectivity index (χ0) is 42.9. The molecule has 3 aromatic carbocycles. The van der Waals surface area contributed by atoms with E-state index < -0.39 is 18.8 Å². The van der Waals surface area contributed by atoms with E-state index in [1.165, 1.54) is 5.57 Å². The van der Waals surface area contributed by atoms with Gasteiger partial charge in [0, 0.05) is 22.9 Å². The molecule has 0 saturated heterocycles. The van der Waals surface area contributed by atoms with Crippen molar-refractivity contribution >= 4 is 31.1 Å². The number of carbonyl (C=O) groups is 2. The van der Waals surface area contributed by atoms with Gasteiger partial charge in [-0.05, 0) is 134 Å². The third-order valence-electron chi connectivity index (χ3n) is 17.4. The molecule has 0 aromatic heterocycles. The first-order chi connectivity index (χ1) is 28.4. The standard InChI is InChI=1S/C51H65ClNO6P/c1-33-25-30-51(46(55)53-45(38-21-15-16-22-40(38)52)60(56,58-36-17-11-9-12-18-36)59-37-19-13-10-14-20-37)32-31-49(7)39(44(51)34(33)2)23-24-42-48(6)28-27-43(57-35(3)54)47(4,5)41(48)26-29-50(42,49)8/h9-23,33-34,41-45H,24-32H2,1-8H3,(H,53,55)/t33-,34+,41+,42-,43+,44+,45?,48+,49-,50-,51+/m1/s1. The molecule has 1 unspecified atom stereocenters. The van der Waals surface area contributed by atoms with Crippen LogP contribution in [0.15, 0.2) is 96.6 Å². The Bertz CT molecular complexity index is 2130. The highest BCUT2D eigenvalue weighted by Gasteiger charge is 2.70. The average Bonchev–Trinajstić information content (AvgIpc) is 3.20. The molecule has 4 fully saturated rings. The molecule has 8 rings (SSSR count). The van der Waals surface area contributed by atoms with E-state index in [9.17, 15) is 4.79 Å². The van der Waals surface area contributed by atoms with E-state index in [2.05, 4.69) is 59.9 Å². The minimum Gasteiger partial charge on any atom is -0.462 e. The zero-order valence-electron chi connectivity index (χ0n) is 36.8. The minimum atomic E-state index is -4.28. The lowest BCUT2D eigenvalue weighted by Crippen LogP contribution is -2.66. The van der Waals surface area contributed by atoms with Gasteiger partial charge in [0.1, 0.15) is 17.6 Å². The van der Waals surface area contributed by atoms with Gasteiger partial charge in [-0.2, -0.15) is 0 Å². The van der Waals surface area contributed by atoms with Gasteiger partial charge < -0.3 is 19.1 Å². The molecule has 9 heteroatoms. The average molecular weight is 855 g/mol. The van der Waals surface area contributed by atoms with Gasteiger partial charge >= 0.3 is 13.6 Å². The van der Waals surface area contributed by atoms with Crippen LogP contribution < -0.4 is 14.4 Å². The summed E-state index contributed by atoms with van der Waals surface area (Å²) < 4.78 is 34.5. The first kappa shape index (κ1) is 43.1. The van der Waals surface area contributed by atoms with Gasteiger partial charge in [0.15, 0.2) is 5.78 Å². The molecule has 0 spiro atoms. The Labute approximate surface area is 363 Å². The number of fused-ring (bicyclic) bond motifs is 7. The van der Waals surface area contributed by atoms with Crippen molar-refractivity contribution in [3.05, 3.63) is 107 Å². The number of amides is 1. The van der Waals surface area contributed by atoms with Crippen LogP contribution >= 0.6 is 19.2 Å². The molecule has 4 saturated carbocycles. The highest BCUT2D eigenvalue weighted by molar-refractivity contribution is 7.55. The molecular weight excluding hydrogens is 789 g/mol. The van der Waals surface area contributed by atoms with Gasteiger partial charge in [0.25, 0.3) is 0 Å². The minimum absolute atomic E-state index is 0.0100. The number of halogens is 1. The summed E-state index contributed by atoms with van der Waals surface area (Å²) in [5, 5.41) is 3.77. The van der Waals surface area contributed by atoms with Crippen LogP contribution in [-0.2, 0) is 18.9 Å². The lowest BCUT2D eigenvalue weighted by molar-refractivity contribution is -0.212. The number of carbonyl (C=O) groups excluding carboxylic acids is 2. The topological polar surface area (TPSA) is 90.9 Å². The number of rotatable bonds is 9. The number of benzene rings is 3.